The molecular weight excluding hydrogens is 400 g/mol. The van der Waals surface area contributed by atoms with Crippen LogP contribution in [0.1, 0.15) is 42.5 Å². The zero-order valence-corrected chi connectivity index (χ0v) is 17.6. The van der Waals surface area contributed by atoms with Crippen LogP contribution in [0.4, 0.5) is 0 Å². The largest absolute Gasteiger partial charge is 0.462 e. The summed E-state index contributed by atoms with van der Waals surface area (Å²) in [6, 6.07) is 18.7. The van der Waals surface area contributed by atoms with E-state index in [0.29, 0.717) is 12.0 Å². The van der Waals surface area contributed by atoms with Crippen LogP contribution in [0, 0.1) is 0 Å². The molecule has 3 saturated heterocycles. The van der Waals surface area contributed by atoms with Crippen molar-refractivity contribution in [2.75, 3.05) is 13.2 Å². The van der Waals surface area contributed by atoms with Gasteiger partial charge in [-0.05, 0) is 26.0 Å². The van der Waals surface area contributed by atoms with Gasteiger partial charge in [0.25, 0.3) is 0 Å². The van der Waals surface area contributed by atoms with E-state index in [1.54, 1.807) is 24.3 Å². The third kappa shape index (κ3) is 4.00. The topological polar surface area (TPSA) is 72.5 Å². The molecule has 0 aromatic heterocycles. The lowest BCUT2D eigenvalue weighted by Crippen LogP contribution is -2.54. The van der Waals surface area contributed by atoms with Gasteiger partial charge in [0.2, 0.25) is 0 Å². The SMILES string of the molecule is CC1(C)O[C@H]2O[C@]3(CCOC(=O)c4ccccc4)COC(c4ccccc4)O[C@@H]3[C@H]2O1. The van der Waals surface area contributed by atoms with Crippen LogP contribution < -0.4 is 0 Å². The van der Waals surface area contributed by atoms with Gasteiger partial charge in [0.1, 0.15) is 17.8 Å². The van der Waals surface area contributed by atoms with Crippen LogP contribution in [0.25, 0.3) is 0 Å². The molecule has 0 spiro atoms. The van der Waals surface area contributed by atoms with Crippen LogP contribution >= 0.6 is 0 Å². The fraction of sp³-hybridized carbons (Fsp3) is 0.458. The van der Waals surface area contributed by atoms with Crippen molar-refractivity contribution in [2.24, 2.45) is 0 Å². The van der Waals surface area contributed by atoms with Crippen LogP contribution in [0.2, 0.25) is 0 Å². The molecule has 3 heterocycles. The Bertz CT molecular complexity index is 916. The molecule has 7 heteroatoms. The minimum absolute atomic E-state index is 0.162. The molecule has 3 aliphatic heterocycles. The first-order valence-electron chi connectivity index (χ1n) is 10.5. The van der Waals surface area contributed by atoms with Gasteiger partial charge in [0.15, 0.2) is 18.4 Å². The molecule has 31 heavy (non-hydrogen) atoms. The van der Waals surface area contributed by atoms with Gasteiger partial charge in [0.05, 0.1) is 18.8 Å². The molecule has 7 nitrogen and oxygen atoms in total. The summed E-state index contributed by atoms with van der Waals surface area (Å²) in [6.45, 7) is 4.15. The van der Waals surface area contributed by atoms with Crippen molar-refractivity contribution >= 4 is 5.97 Å². The minimum Gasteiger partial charge on any atom is -0.462 e. The molecule has 0 saturated carbocycles. The normalized spacial score (nSPS) is 33.5. The van der Waals surface area contributed by atoms with Gasteiger partial charge >= 0.3 is 5.97 Å². The highest BCUT2D eigenvalue weighted by atomic mass is 16.9. The fourth-order valence-electron chi connectivity index (χ4n) is 4.39. The maximum Gasteiger partial charge on any atom is 0.338 e. The molecule has 0 aliphatic carbocycles. The van der Waals surface area contributed by atoms with Gasteiger partial charge in [-0.15, -0.1) is 0 Å². The maximum absolute atomic E-state index is 12.3. The first-order valence-corrected chi connectivity index (χ1v) is 10.5. The number of benzene rings is 2. The van der Waals surface area contributed by atoms with Gasteiger partial charge < -0.3 is 28.4 Å². The third-order valence-corrected chi connectivity index (χ3v) is 5.84. The fourth-order valence-corrected chi connectivity index (χ4v) is 4.39. The molecule has 0 bridgehead atoms. The molecular formula is C24H26O7. The van der Waals surface area contributed by atoms with Gasteiger partial charge in [0, 0.05) is 12.0 Å². The molecule has 3 fully saturated rings. The van der Waals surface area contributed by atoms with E-state index in [1.165, 1.54) is 0 Å². The number of carbonyl (C=O) groups excluding carboxylic acids is 1. The lowest BCUT2D eigenvalue weighted by atomic mass is 9.91. The van der Waals surface area contributed by atoms with E-state index in [0.717, 1.165) is 5.56 Å². The highest BCUT2D eigenvalue weighted by Gasteiger charge is 2.64. The summed E-state index contributed by atoms with van der Waals surface area (Å²) in [4.78, 5) is 12.3. The van der Waals surface area contributed by atoms with Crippen molar-refractivity contribution in [1.82, 2.24) is 0 Å². The predicted molar refractivity (Wildman–Crippen MR) is 109 cm³/mol. The van der Waals surface area contributed by atoms with Gasteiger partial charge in [-0.1, -0.05) is 48.5 Å². The second-order valence-electron chi connectivity index (χ2n) is 8.51. The average Bonchev–Trinajstić information content (AvgIpc) is 3.23. The van der Waals surface area contributed by atoms with Crippen LogP contribution in [-0.2, 0) is 28.4 Å². The molecule has 5 rings (SSSR count). The van der Waals surface area contributed by atoms with E-state index in [-0.39, 0.29) is 19.2 Å². The van der Waals surface area contributed by atoms with Crippen molar-refractivity contribution in [3.63, 3.8) is 0 Å². The first-order chi connectivity index (χ1) is 15.0. The number of ether oxygens (including phenoxy) is 6. The average molecular weight is 426 g/mol. The van der Waals surface area contributed by atoms with E-state index >= 15 is 0 Å². The van der Waals surface area contributed by atoms with Crippen molar-refractivity contribution in [1.29, 1.82) is 0 Å². The number of fused-ring (bicyclic) bond motifs is 3. The summed E-state index contributed by atoms with van der Waals surface area (Å²) in [6.07, 6.45) is -1.51. The van der Waals surface area contributed by atoms with E-state index in [9.17, 15) is 4.79 Å². The number of carbonyl (C=O) groups is 1. The maximum atomic E-state index is 12.3. The third-order valence-electron chi connectivity index (χ3n) is 5.84. The smallest absolute Gasteiger partial charge is 0.338 e. The van der Waals surface area contributed by atoms with Crippen LogP contribution in [0.3, 0.4) is 0 Å². The monoisotopic (exact) mass is 426 g/mol. The van der Waals surface area contributed by atoms with Gasteiger partial charge in [-0.2, -0.15) is 0 Å². The molecule has 2 aromatic carbocycles. The highest BCUT2D eigenvalue weighted by molar-refractivity contribution is 5.89. The molecule has 2 aromatic rings. The summed E-state index contributed by atoms with van der Waals surface area (Å²) >= 11 is 0. The summed E-state index contributed by atoms with van der Waals surface area (Å²) < 4.78 is 36.2. The van der Waals surface area contributed by atoms with E-state index in [2.05, 4.69) is 0 Å². The molecule has 1 unspecified atom stereocenters. The number of esters is 1. The van der Waals surface area contributed by atoms with Crippen LogP contribution in [0.5, 0.6) is 0 Å². The highest BCUT2D eigenvalue weighted by Crippen LogP contribution is 2.49. The Morgan fingerprint density at radius 3 is 2.45 bits per heavy atom. The molecule has 0 N–H and O–H groups in total. The van der Waals surface area contributed by atoms with E-state index < -0.39 is 36.2 Å². The summed E-state index contributed by atoms with van der Waals surface area (Å²) in [5.74, 6) is -1.13. The molecule has 5 atom stereocenters. The molecule has 0 radical (unpaired) electrons. The Balaban J connectivity index is 1.31. The van der Waals surface area contributed by atoms with Gasteiger partial charge in [-0.3, -0.25) is 0 Å². The quantitative estimate of drug-likeness (QED) is 0.677. The first kappa shape index (κ1) is 20.6. The van der Waals surface area contributed by atoms with Crippen molar-refractivity contribution in [3.8, 4) is 0 Å². The van der Waals surface area contributed by atoms with E-state index in [1.807, 2.05) is 50.2 Å². The second-order valence-corrected chi connectivity index (χ2v) is 8.51. The standard InChI is InChI=1S/C24H26O7/c1-23(2)29-18-19-24(31-22(18)30-23,13-14-26-20(25)16-9-5-3-6-10-16)15-27-21(28-19)17-11-7-4-8-12-17/h3-12,18-19,21-22H,13-15H2,1-2H3/t18-,19-,21?,22+,24-/m1/s1. The van der Waals surface area contributed by atoms with Crippen molar-refractivity contribution in [2.45, 2.75) is 56.4 Å². The predicted octanol–water partition coefficient (Wildman–Crippen LogP) is 3.59. The minimum atomic E-state index is -0.825. The van der Waals surface area contributed by atoms with Crippen LogP contribution in [0.15, 0.2) is 60.7 Å². The summed E-state index contributed by atoms with van der Waals surface area (Å²) in [7, 11) is 0. The molecule has 0 amide bonds. The lowest BCUT2D eigenvalue weighted by molar-refractivity contribution is -0.321. The zero-order chi connectivity index (χ0) is 21.5. The van der Waals surface area contributed by atoms with Crippen molar-refractivity contribution in [3.05, 3.63) is 71.8 Å². The Morgan fingerprint density at radius 2 is 1.71 bits per heavy atom. The Kier molecular flexibility index (Phi) is 5.32. The molecule has 3 aliphatic rings. The Hall–Kier alpha value is -2.29. The van der Waals surface area contributed by atoms with Gasteiger partial charge in [-0.25, -0.2) is 4.79 Å². The Labute approximate surface area is 181 Å². The number of rotatable bonds is 5. The summed E-state index contributed by atoms with van der Waals surface area (Å²) in [5, 5.41) is 0. The number of hydrogen-bond acceptors (Lipinski definition) is 7. The zero-order valence-electron chi connectivity index (χ0n) is 17.6. The van der Waals surface area contributed by atoms with Crippen molar-refractivity contribution < 1.29 is 33.2 Å². The molecule has 164 valence electrons. The number of hydrogen-bond donors (Lipinski definition) is 0. The summed E-state index contributed by atoms with van der Waals surface area (Å²) in [5.41, 5.74) is 0.608. The van der Waals surface area contributed by atoms with E-state index in [4.69, 9.17) is 28.4 Å². The Morgan fingerprint density at radius 1 is 1.00 bits per heavy atom. The second kappa shape index (κ2) is 8.00. The van der Waals surface area contributed by atoms with Crippen LogP contribution in [-0.4, -0.2) is 49.1 Å². The lowest BCUT2D eigenvalue weighted by Gasteiger charge is -2.42.